The number of hydrogen-bond acceptors (Lipinski definition) is 3. The summed E-state index contributed by atoms with van der Waals surface area (Å²) in [7, 11) is 3.79. The molecule has 0 saturated heterocycles. The number of carbonyl (C=O) groups excluding carboxylic acids is 1. The molecule has 0 bridgehead atoms. The summed E-state index contributed by atoms with van der Waals surface area (Å²) in [5, 5.41) is 4.40. The average molecular weight is 399 g/mol. The van der Waals surface area contributed by atoms with Crippen LogP contribution < -0.4 is 0 Å². The van der Waals surface area contributed by atoms with Crippen LogP contribution in [0.5, 0.6) is 0 Å². The minimum absolute atomic E-state index is 0.107. The fourth-order valence-electron chi connectivity index (χ4n) is 3.51. The maximum atomic E-state index is 13.4. The van der Waals surface area contributed by atoms with Gasteiger partial charge in [-0.2, -0.15) is 5.10 Å². The molecule has 152 valence electrons. The molecule has 2 aromatic heterocycles. The topological polar surface area (TPSA) is 56.0 Å². The van der Waals surface area contributed by atoms with E-state index in [0.717, 1.165) is 28.2 Å². The number of amides is 1. The van der Waals surface area contributed by atoms with Crippen molar-refractivity contribution in [1.29, 1.82) is 0 Å². The van der Waals surface area contributed by atoms with Gasteiger partial charge in [0.15, 0.2) is 5.69 Å². The Morgan fingerprint density at radius 1 is 1.00 bits per heavy atom. The van der Waals surface area contributed by atoms with Gasteiger partial charge in [-0.1, -0.05) is 54.6 Å². The Bertz CT molecular complexity index is 1140. The number of aryl methyl sites for hydroxylation is 3. The lowest BCUT2D eigenvalue weighted by Gasteiger charge is -2.23. The number of aromatic nitrogens is 4. The molecule has 0 aliphatic carbocycles. The van der Waals surface area contributed by atoms with Crippen molar-refractivity contribution >= 4 is 5.91 Å². The zero-order valence-corrected chi connectivity index (χ0v) is 17.5. The molecule has 6 nitrogen and oxygen atoms in total. The van der Waals surface area contributed by atoms with Gasteiger partial charge in [0.25, 0.3) is 5.91 Å². The molecule has 6 heteroatoms. The van der Waals surface area contributed by atoms with Crippen molar-refractivity contribution in [3.8, 4) is 11.1 Å². The van der Waals surface area contributed by atoms with Crippen LogP contribution in [0.2, 0.25) is 0 Å². The van der Waals surface area contributed by atoms with E-state index >= 15 is 0 Å². The van der Waals surface area contributed by atoms with Crippen molar-refractivity contribution in [2.24, 2.45) is 14.1 Å². The molecule has 0 saturated carbocycles. The van der Waals surface area contributed by atoms with Crippen LogP contribution in [-0.4, -0.2) is 30.1 Å². The average Bonchev–Trinajstić information content (AvgIpc) is 3.32. The maximum absolute atomic E-state index is 13.4. The van der Waals surface area contributed by atoms with Gasteiger partial charge in [-0.25, -0.2) is 4.98 Å². The molecular weight excluding hydrogens is 374 g/mol. The van der Waals surface area contributed by atoms with E-state index in [-0.39, 0.29) is 5.91 Å². The largest absolute Gasteiger partial charge is 0.337 e. The van der Waals surface area contributed by atoms with Gasteiger partial charge in [-0.15, -0.1) is 0 Å². The standard InChI is InChI=1S/C24H25N5O/c1-18-15-22(26-28(18)3)24(30)29(17-23-25-13-14-27(23)2)16-20-11-7-8-12-21(20)19-9-5-4-6-10-19/h4-15H,16-17H2,1-3H3. The number of benzene rings is 2. The first kappa shape index (κ1) is 19.6. The van der Waals surface area contributed by atoms with Crippen molar-refractivity contribution in [1.82, 2.24) is 24.2 Å². The zero-order chi connectivity index (χ0) is 21.1. The highest BCUT2D eigenvalue weighted by molar-refractivity contribution is 5.92. The molecule has 0 radical (unpaired) electrons. The van der Waals surface area contributed by atoms with Crippen LogP contribution in [0.4, 0.5) is 0 Å². The molecule has 0 aliphatic rings. The minimum Gasteiger partial charge on any atom is -0.337 e. The summed E-state index contributed by atoms with van der Waals surface area (Å²) >= 11 is 0. The summed E-state index contributed by atoms with van der Waals surface area (Å²) in [4.78, 5) is 19.6. The molecule has 4 rings (SSSR count). The predicted octanol–water partition coefficient (Wildman–Crippen LogP) is 3.97. The summed E-state index contributed by atoms with van der Waals surface area (Å²) < 4.78 is 3.66. The molecule has 2 aromatic carbocycles. The van der Waals surface area contributed by atoms with E-state index in [2.05, 4.69) is 34.3 Å². The summed E-state index contributed by atoms with van der Waals surface area (Å²) in [6.07, 6.45) is 3.64. The Labute approximate surface area is 176 Å². The number of imidazole rings is 1. The van der Waals surface area contributed by atoms with Gasteiger partial charge in [0, 0.05) is 38.7 Å². The van der Waals surface area contributed by atoms with E-state index in [1.54, 1.807) is 10.9 Å². The lowest BCUT2D eigenvalue weighted by molar-refractivity contribution is 0.0717. The highest BCUT2D eigenvalue weighted by atomic mass is 16.2. The quantitative estimate of drug-likeness (QED) is 0.493. The van der Waals surface area contributed by atoms with Crippen LogP contribution in [-0.2, 0) is 27.2 Å². The molecule has 2 heterocycles. The van der Waals surface area contributed by atoms with Crippen molar-refractivity contribution in [3.05, 3.63) is 95.8 Å². The van der Waals surface area contributed by atoms with Crippen molar-refractivity contribution in [3.63, 3.8) is 0 Å². The van der Waals surface area contributed by atoms with E-state index < -0.39 is 0 Å². The Morgan fingerprint density at radius 3 is 2.40 bits per heavy atom. The van der Waals surface area contributed by atoms with Gasteiger partial charge in [-0.3, -0.25) is 9.48 Å². The lowest BCUT2D eigenvalue weighted by atomic mass is 9.99. The van der Waals surface area contributed by atoms with Crippen LogP contribution in [0, 0.1) is 6.92 Å². The Hall–Kier alpha value is -3.67. The Balaban J connectivity index is 1.70. The molecule has 1 amide bonds. The summed E-state index contributed by atoms with van der Waals surface area (Å²) in [5.74, 6) is 0.720. The molecule has 0 atom stereocenters. The van der Waals surface area contributed by atoms with Gasteiger partial charge >= 0.3 is 0 Å². The van der Waals surface area contributed by atoms with Crippen LogP contribution in [0.15, 0.2) is 73.1 Å². The lowest BCUT2D eigenvalue weighted by Crippen LogP contribution is -2.31. The van der Waals surface area contributed by atoms with E-state index in [1.165, 1.54) is 0 Å². The Kier molecular flexibility index (Phi) is 5.48. The van der Waals surface area contributed by atoms with Gasteiger partial charge in [0.05, 0.1) is 6.54 Å². The van der Waals surface area contributed by atoms with Crippen LogP contribution in [0.1, 0.15) is 27.6 Å². The second-order valence-corrected chi connectivity index (χ2v) is 7.43. The normalized spacial score (nSPS) is 10.9. The molecule has 4 aromatic rings. The number of carbonyl (C=O) groups is 1. The van der Waals surface area contributed by atoms with E-state index in [4.69, 9.17) is 0 Å². The van der Waals surface area contributed by atoms with E-state index in [9.17, 15) is 4.79 Å². The molecule has 0 N–H and O–H groups in total. The maximum Gasteiger partial charge on any atom is 0.275 e. The molecule has 0 fully saturated rings. The smallest absolute Gasteiger partial charge is 0.275 e. The summed E-state index contributed by atoms with van der Waals surface area (Å²) in [5.41, 5.74) is 4.72. The first-order chi connectivity index (χ1) is 14.5. The van der Waals surface area contributed by atoms with Gasteiger partial charge in [0.1, 0.15) is 5.82 Å². The second-order valence-electron chi connectivity index (χ2n) is 7.43. The minimum atomic E-state index is -0.107. The highest BCUT2D eigenvalue weighted by Crippen LogP contribution is 2.25. The second kappa shape index (κ2) is 8.37. The summed E-state index contributed by atoms with van der Waals surface area (Å²) in [6, 6.07) is 20.3. The number of rotatable bonds is 6. The first-order valence-electron chi connectivity index (χ1n) is 9.92. The first-order valence-corrected chi connectivity index (χ1v) is 9.92. The predicted molar refractivity (Wildman–Crippen MR) is 117 cm³/mol. The van der Waals surface area contributed by atoms with Gasteiger partial charge < -0.3 is 9.47 Å². The molecular formula is C24H25N5O. The number of hydrogen-bond donors (Lipinski definition) is 0. The fraction of sp³-hybridized carbons (Fsp3) is 0.208. The van der Waals surface area contributed by atoms with E-state index in [0.29, 0.717) is 18.8 Å². The SMILES string of the molecule is Cc1cc(C(=O)N(Cc2ccccc2-c2ccccc2)Cc2nccn2C)nn1C. The molecule has 0 aliphatic heterocycles. The van der Waals surface area contributed by atoms with Crippen molar-refractivity contribution in [2.75, 3.05) is 0 Å². The fourth-order valence-corrected chi connectivity index (χ4v) is 3.51. The molecule has 30 heavy (non-hydrogen) atoms. The van der Waals surface area contributed by atoms with Crippen LogP contribution >= 0.6 is 0 Å². The molecule has 0 unspecified atom stereocenters. The third-order valence-corrected chi connectivity index (χ3v) is 5.34. The monoisotopic (exact) mass is 399 g/mol. The highest BCUT2D eigenvalue weighted by Gasteiger charge is 2.22. The van der Waals surface area contributed by atoms with E-state index in [1.807, 2.05) is 73.1 Å². The third-order valence-electron chi connectivity index (χ3n) is 5.34. The summed E-state index contributed by atoms with van der Waals surface area (Å²) in [6.45, 7) is 2.81. The van der Waals surface area contributed by atoms with Crippen molar-refractivity contribution in [2.45, 2.75) is 20.0 Å². The zero-order valence-electron chi connectivity index (χ0n) is 17.5. The van der Waals surface area contributed by atoms with Crippen LogP contribution in [0.25, 0.3) is 11.1 Å². The van der Waals surface area contributed by atoms with Crippen molar-refractivity contribution < 1.29 is 4.79 Å². The van der Waals surface area contributed by atoms with Crippen LogP contribution in [0.3, 0.4) is 0 Å². The van der Waals surface area contributed by atoms with Gasteiger partial charge in [-0.05, 0) is 29.7 Å². The number of nitrogens with zero attached hydrogens (tertiary/aromatic N) is 5. The van der Waals surface area contributed by atoms with Gasteiger partial charge in [0.2, 0.25) is 0 Å². The molecule has 0 spiro atoms. The third kappa shape index (κ3) is 4.03. The Morgan fingerprint density at radius 2 is 1.73 bits per heavy atom.